The second kappa shape index (κ2) is 6.93. The zero-order chi connectivity index (χ0) is 16.2. The number of benzene rings is 2. The minimum atomic E-state index is -3.72. The summed E-state index contributed by atoms with van der Waals surface area (Å²) in [4.78, 5) is 11.6. The van der Waals surface area contributed by atoms with Crippen molar-refractivity contribution in [3.63, 3.8) is 0 Å². The van der Waals surface area contributed by atoms with Gasteiger partial charge in [-0.05, 0) is 59.3 Å². The van der Waals surface area contributed by atoms with E-state index in [1.54, 1.807) is 31.2 Å². The molecule has 0 atom stereocenters. The Morgan fingerprint density at radius 1 is 1.14 bits per heavy atom. The van der Waals surface area contributed by atoms with Crippen LogP contribution in [-0.2, 0) is 14.8 Å². The third-order valence-corrected chi connectivity index (χ3v) is 4.87. The number of esters is 1. The highest BCUT2D eigenvalue weighted by molar-refractivity contribution is 9.10. The van der Waals surface area contributed by atoms with E-state index in [2.05, 4.69) is 20.7 Å². The van der Waals surface area contributed by atoms with E-state index in [9.17, 15) is 13.2 Å². The molecule has 0 bridgehead atoms. The molecular weight excluding hydrogens is 370 g/mol. The Kier molecular flexibility index (Phi) is 5.20. The molecule has 2 aromatic carbocycles. The van der Waals surface area contributed by atoms with Gasteiger partial charge in [-0.3, -0.25) is 4.72 Å². The highest BCUT2D eigenvalue weighted by Gasteiger charge is 2.16. The molecule has 0 aliphatic carbocycles. The van der Waals surface area contributed by atoms with Gasteiger partial charge >= 0.3 is 5.97 Å². The van der Waals surface area contributed by atoms with Crippen molar-refractivity contribution < 1.29 is 17.9 Å². The fourth-order valence-corrected chi connectivity index (χ4v) is 3.33. The van der Waals surface area contributed by atoms with Crippen LogP contribution in [0.1, 0.15) is 17.3 Å². The van der Waals surface area contributed by atoms with Crippen molar-refractivity contribution in [2.24, 2.45) is 0 Å². The van der Waals surface area contributed by atoms with Gasteiger partial charge in [-0.2, -0.15) is 0 Å². The third-order valence-electron chi connectivity index (χ3n) is 2.79. The molecular formula is C15H14BrNO4S. The van der Waals surface area contributed by atoms with Crippen molar-refractivity contribution in [3.05, 3.63) is 58.6 Å². The van der Waals surface area contributed by atoms with Crippen LogP contribution < -0.4 is 4.72 Å². The summed E-state index contributed by atoms with van der Waals surface area (Å²) < 4.78 is 32.6. The topological polar surface area (TPSA) is 72.5 Å². The first-order valence-corrected chi connectivity index (χ1v) is 8.76. The number of carbonyl (C=O) groups is 1. The predicted octanol–water partition coefficient (Wildman–Crippen LogP) is 3.43. The van der Waals surface area contributed by atoms with E-state index in [4.69, 9.17) is 4.74 Å². The molecule has 2 rings (SSSR count). The van der Waals surface area contributed by atoms with Crippen molar-refractivity contribution in [1.82, 2.24) is 0 Å². The van der Waals surface area contributed by atoms with Gasteiger partial charge in [0.1, 0.15) is 0 Å². The monoisotopic (exact) mass is 383 g/mol. The number of sulfonamides is 1. The third kappa shape index (κ3) is 3.86. The molecule has 2 aromatic rings. The van der Waals surface area contributed by atoms with Crippen LogP contribution in [0.2, 0.25) is 0 Å². The number of rotatable bonds is 5. The maximum Gasteiger partial charge on any atom is 0.338 e. The molecule has 5 nitrogen and oxygen atoms in total. The van der Waals surface area contributed by atoms with Gasteiger partial charge in [-0.15, -0.1) is 0 Å². The summed E-state index contributed by atoms with van der Waals surface area (Å²) >= 11 is 3.28. The summed E-state index contributed by atoms with van der Waals surface area (Å²) in [5, 5.41) is 0. The van der Waals surface area contributed by atoms with Crippen molar-refractivity contribution in [3.8, 4) is 0 Å². The van der Waals surface area contributed by atoms with Crippen LogP contribution in [0.15, 0.2) is 57.9 Å². The molecule has 0 heterocycles. The van der Waals surface area contributed by atoms with E-state index in [1.165, 1.54) is 24.3 Å². The fraction of sp³-hybridized carbons (Fsp3) is 0.133. The maximum absolute atomic E-state index is 12.3. The molecule has 22 heavy (non-hydrogen) atoms. The number of ether oxygens (including phenoxy) is 1. The highest BCUT2D eigenvalue weighted by Crippen LogP contribution is 2.24. The second-order valence-electron chi connectivity index (χ2n) is 4.33. The number of hydrogen-bond acceptors (Lipinski definition) is 4. The number of halogens is 1. The summed E-state index contributed by atoms with van der Waals surface area (Å²) in [5.74, 6) is -0.481. The van der Waals surface area contributed by atoms with Gasteiger partial charge in [0.05, 0.1) is 22.8 Å². The molecule has 0 aliphatic rings. The molecule has 116 valence electrons. The van der Waals surface area contributed by atoms with Crippen LogP contribution in [-0.4, -0.2) is 21.0 Å². The Hall–Kier alpha value is -1.86. The lowest BCUT2D eigenvalue weighted by atomic mass is 10.2. The van der Waals surface area contributed by atoms with Gasteiger partial charge in [0, 0.05) is 4.47 Å². The molecule has 0 spiro atoms. The van der Waals surface area contributed by atoms with Crippen LogP contribution >= 0.6 is 15.9 Å². The van der Waals surface area contributed by atoms with E-state index in [0.29, 0.717) is 15.7 Å². The van der Waals surface area contributed by atoms with Gasteiger partial charge in [-0.25, -0.2) is 13.2 Å². The average molecular weight is 384 g/mol. The summed E-state index contributed by atoms with van der Waals surface area (Å²) in [5.41, 5.74) is 0.749. The number of hydrogen-bond donors (Lipinski definition) is 1. The van der Waals surface area contributed by atoms with E-state index in [-0.39, 0.29) is 11.5 Å². The minimum absolute atomic E-state index is 0.0660. The summed E-state index contributed by atoms with van der Waals surface area (Å²) in [6.45, 7) is 1.97. The summed E-state index contributed by atoms with van der Waals surface area (Å²) in [7, 11) is -3.72. The Balaban J connectivity index is 2.23. The van der Waals surface area contributed by atoms with Crippen molar-refractivity contribution in [2.75, 3.05) is 11.3 Å². The fourth-order valence-electron chi connectivity index (χ4n) is 1.73. The van der Waals surface area contributed by atoms with E-state index in [1.807, 2.05) is 0 Å². The van der Waals surface area contributed by atoms with Crippen LogP contribution in [0.4, 0.5) is 5.69 Å². The van der Waals surface area contributed by atoms with Crippen molar-refractivity contribution in [1.29, 1.82) is 0 Å². The maximum atomic E-state index is 12.3. The quantitative estimate of drug-likeness (QED) is 0.802. The minimum Gasteiger partial charge on any atom is -0.462 e. The largest absolute Gasteiger partial charge is 0.462 e. The lowest BCUT2D eigenvalue weighted by molar-refractivity contribution is 0.0526. The number of para-hydroxylation sites is 1. The second-order valence-corrected chi connectivity index (χ2v) is 6.87. The Morgan fingerprint density at radius 2 is 1.77 bits per heavy atom. The van der Waals surface area contributed by atoms with Crippen LogP contribution in [0.5, 0.6) is 0 Å². The van der Waals surface area contributed by atoms with E-state index >= 15 is 0 Å². The Labute approximate surface area is 137 Å². The number of anilines is 1. The molecule has 0 unspecified atom stereocenters. The van der Waals surface area contributed by atoms with Gasteiger partial charge in [0.15, 0.2) is 0 Å². The molecule has 0 saturated carbocycles. The van der Waals surface area contributed by atoms with Gasteiger partial charge < -0.3 is 4.74 Å². The molecule has 0 aromatic heterocycles. The molecule has 0 amide bonds. The van der Waals surface area contributed by atoms with Gasteiger partial charge in [0.2, 0.25) is 0 Å². The Bertz CT molecular complexity index is 772. The van der Waals surface area contributed by atoms with Gasteiger partial charge in [0.25, 0.3) is 10.0 Å². The molecule has 0 fully saturated rings. The summed E-state index contributed by atoms with van der Waals surface area (Å²) in [6, 6.07) is 12.5. The lowest BCUT2D eigenvalue weighted by Crippen LogP contribution is -2.13. The van der Waals surface area contributed by atoms with Crippen LogP contribution in [0.3, 0.4) is 0 Å². The predicted molar refractivity (Wildman–Crippen MR) is 87.3 cm³/mol. The van der Waals surface area contributed by atoms with Gasteiger partial charge in [-0.1, -0.05) is 12.1 Å². The standard InChI is InChI=1S/C15H14BrNO4S/c1-2-21-15(18)11-7-9-12(10-8-11)22(19,20)17-14-6-4-3-5-13(14)16/h3-10,17H,2H2,1H3. The molecule has 1 N–H and O–H groups in total. The van der Waals surface area contributed by atoms with Crippen LogP contribution in [0, 0.1) is 0 Å². The molecule has 0 aliphatic heterocycles. The first-order valence-electron chi connectivity index (χ1n) is 6.48. The first-order chi connectivity index (χ1) is 10.4. The van der Waals surface area contributed by atoms with E-state index in [0.717, 1.165) is 0 Å². The molecule has 0 radical (unpaired) electrons. The highest BCUT2D eigenvalue weighted by atomic mass is 79.9. The smallest absolute Gasteiger partial charge is 0.338 e. The average Bonchev–Trinajstić information content (AvgIpc) is 2.50. The number of carbonyl (C=O) groups excluding carboxylic acids is 1. The normalized spacial score (nSPS) is 11.0. The SMILES string of the molecule is CCOC(=O)c1ccc(S(=O)(=O)Nc2ccccc2Br)cc1. The van der Waals surface area contributed by atoms with Crippen molar-refractivity contribution in [2.45, 2.75) is 11.8 Å². The van der Waals surface area contributed by atoms with Crippen molar-refractivity contribution >= 4 is 37.6 Å². The lowest BCUT2D eigenvalue weighted by Gasteiger charge is -2.10. The zero-order valence-corrected chi connectivity index (χ0v) is 14.1. The molecule has 0 saturated heterocycles. The summed E-state index contributed by atoms with van der Waals surface area (Å²) in [6.07, 6.45) is 0. The zero-order valence-electron chi connectivity index (χ0n) is 11.7. The van der Waals surface area contributed by atoms with E-state index < -0.39 is 16.0 Å². The Morgan fingerprint density at radius 3 is 2.36 bits per heavy atom. The number of nitrogens with one attached hydrogen (secondary N) is 1. The van der Waals surface area contributed by atoms with Crippen LogP contribution in [0.25, 0.3) is 0 Å². The first kappa shape index (κ1) is 16.5. The molecule has 7 heteroatoms.